The third-order valence-corrected chi connectivity index (χ3v) is 1.66. The van der Waals surface area contributed by atoms with Crippen LogP contribution in [0.2, 0.25) is 0 Å². The van der Waals surface area contributed by atoms with Gasteiger partial charge in [0.2, 0.25) is 0 Å². The van der Waals surface area contributed by atoms with E-state index in [1.165, 1.54) is 19.2 Å². The van der Waals surface area contributed by atoms with Gasteiger partial charge in [-0.3, -0.25) is 10.1 Å². The summed E-state index contributed by atoms with van der Waals surface area (Å²) in [5.41, 5.74) is -0.219. The van der Waals surface area contributed by atoms with Crippen molar-refractivity contribution in [3.05, 3.63) is 28.3 Å². The quantitative estimate of drug-likeness (QED) is 0.379. The van der Waals surface area contributed by atoms with Crippen LogP contribution in [0.1, 0.15) is 0 Å². The van der Waals surface area contributed by atoms with E-state index >= 15 is 0 Å². The Morgan fingerprint density at radius 3 is 2.50 bits per heavy atom. The number of nitrogens with zero attached hydrogens (tertiary/aromatic N) is 1. The number of benzene rings is 1. The van der Waals surface area contributed by atoms with Gasteiger partial charge < -0.3 is 14.8 Å². The van der Waals surface area contributed by atoms with Gasteiger partial charge in [-0.2, -0.15) is 0 Å². The van der Waals surface area contributed by atoms with Gasteiger partial charge in [-0.1, -0.05) is 0 Å². The molecule has 14 heavy (non-hydrogen) atoms. The van der Waals surface area contributed by atoms with E-state index in [1.807, 2.05) is 0 Å². The molecule has 1 rings (SSSR count). The smallest absolute Gasteiger partial charge is 0.488 e. The van der Waals surface area contributed by atoms with Gasteiger partial charge in [0.05, 0.1) is 18.1 Å². The summed E-state index contributed by atoms with van der Waals surface area (Å²) in [6, 6.07) is 3.59. The summed E-state index contributed by atoms with van der Waals surface area (Å²) in [5, 5.41) is 28.1. The fraction of sp³-hybridized carbons (Fsp3) is 0.143. The number of nitro benzene ring substituents is 1. The van der Waals surface area contributed by atoms with Crippen molar-refractivity contribution in [3.63, 3.8) is 0 Å². The van der Waals surface area contributed by atoms with E-state index in [9.17, 15) is 10.1 Å². The summed E-state index contributed by atoms with van der Waals surface area (Å²) in [6.07, 6.45) is 0. The highest BCUT2D eigenvalue weighted by atomic mass is 16.6. The van der Waals surface area contributed by atoms with Crippen molar-refractivity contribution in [3.8, 4) is 5.75 Å². The molecule has 74 valence electrons. The lowest BCUT2D eigenvalue weighted by atomic mass is 9.80. The van der Waals surface area contributed by atoms with E-state index in [-0.39, 0.29) is 16.9 Å². The molecular weight excluding hydrogens is 189 g/mol. The summed E-state index contributed by atoms with van der Waals surface area (Å²) in [6.45, 7) is 0. The number of ether oxygens (including phenoxy) is 1. The number of non-ortho nitro benzene ring substituents is 1. The number of methoxy groups -OCH3 is 1. The topological polar surface area (TPSA) is 92.8 Å². The maximum absolute atomic E-state index is 10.4. The molecular formula is C7H8BNO5. The van der Waals surface area contributed by atoms with Gasteiger partial charge in [0.25, 0.3) is 5.69 Å². The molecule has 0 unspecified atom stereocenters. The normalized spacial score (nSPS) is 9.64. The molecule has 0 aromatic heterocycles. The molecule has 0 aliphatic rings. The zero-order valence-corrected chi connectivity index (χ0v) is 7.38. The van der Waals surface area contributed by atoms with E-state index in [2.05, 4.69) is 0 Å². The van der Waals surface area contributed by atoms with Gasteiger partial charge in [0, 0.05) is 6.07 Å². The number of hydrogen-bond acceptors (Lipinski definition) is 5. The van der Waals surface area contributed by atoms with Gasteiger partial charge in [0.15, 0.2) is 0 Å². The van der Waals surface area contributed by atoms with E-state index in [4.69, 9.17) is 14.8 Å². The maximum Gasteiger partial charge on any atom is 0.488 e. The van der Waals surface area contributed by atoms with Crippen LogP contribution in [0, 0.1) is 10.1 Å². The zero-order chi connectivity index (χ0) is 10.7. The first-order valence-corrected chi connectivity index (χ1v) is 3.74. The van der Waals surface area contributed by atoms with Crippen LogP contribution in [0.5, 0.6) is 5.75 Å². The van der Waals surface area contributed by atoms with Crippen LogP contribution in [0.25, 0.3) is 0 Å². The SMILES string of the molecule is COc1cc(B(O)O)cc([N+](=O)[O-])c1. The predicted molar refractivity (Wildman–Crippen MR) is 49.5 cm³/mol. The van der Waals surface area contributed by atoms with Crippen molar-refractivity contribution >= 4 is 18.3 Å². The van der Waals surface area contributed by atoms with Crippen molar-refractivity contribution < 1.29 is 19.7 Å². The third kappa shape index (κ3) is 2.21. The zero-order valence-electron chi connectivity index (χ0n) is 7.38. The Morgan fingerprint density at radius 2 is 2.07 bits per heavy atom. The summed E-state index contributed by atoms with van der Waals surface area (Å²) < 4.78 is 4.77. The number of nitro groups is 1. The van der Waals surface area contributed by atoms with E-state index in [0.717, 1.165) is 6.07 Å². The minimum Gasteiger partial charge on any atom is -0.497 e. The second-order valence-corrected chi connectivity index (χ2v) is 2.60. The largest absolute Gasteiger partial charge is 0.497 e. The average molecular weight is 197 g/mol. The number of hydrogen-bond donors (Lipinski definition) is 2. The van der Waals surface area contributed by atoms with Crippen LogP contribution >= 0.6 is 0 Å². The third-order valence-electron chi connectivity index (χ3n) is 1.66. The Morgan fingerprint density at radius 1 is 1.43 bits per heavy atom. The lowest BCUT2D eigenvalue weighted by Gasteiger charge is -2.03. The molecule has 0 aliphatic heterocycles. The monoisotopic (exact) mass is 197 g/mol. The van der Waals surface area contributed by atoms with Crippen LogP contribution in [0.3, 0.4) is 0 Å². The van der Waals surface area contributed by atoms with Crippen LogP contribution in [-0.2, 0) is 0 Å². The van der Waals surface area contributed by atoms with Gasteiger partial charge in [-0.25, -0.2) is 0 Å². The van der Waals surface area contributed by atoms with Gasteiger partial charge in [-0.15, -0.1) is 0 Å². The fourth-order valence-corrected chi connectivity index (χ4v) is 0.978. The molecule has 0 aliphatic carbocycles. The maximum atomic E-state index is 10.4. The molecule has 0 bridgehead atoms. The molecule has 1 aromatic rings. The highest BCUT2D eigenvalue weighted by molar-refractivity contribution is 6.58. The molecule has 0 heterocycles. The van der Waals surface area contributed by atoms with Crippen LogP contribution in [-0.4, -0.2) is 29.2 Å². The Kier molecular flexibility index (Phi) is 3.05. The van der Waals surface area contributed by atoms with Crippen LogP contribution < -0.4 is 10.2 Å². The Bertz CT molecular complexity index is 354. The molecule has 0 spiro atoms. The Balaban J connectivity index is 3.20. The Hall–Kier alpha value is -1.60. The van der Waals surface area contributed by atoms with E-state index < -0.39 is 12.0 Å². The molecule has 0 fully saturated rings. The fourth-order valence-electron chi connectivity index (χ4n) is 0.978. The van der Waals surface area contributed by atoms with Gasteiger partial charge in [0.1, 0.15) is 5.75 Å². The first kappa shape index (κ1) is 10.5. The van der Waals surface area contributed by atoms with Crippen molar-refractivity contribution in [2.75, 3.05) is 7.11 Å². The average Bonchev–Trinajstić information content (AvgIpc) is 2.16. The predicted octanol–water partition coefficient (Wildman–Crippen LogP) is -0.717. The summed E-state index contributed by atoms with van der Waals surface area (Å²) in [7, 11) is -0.407. The van der Waals surface area contributed by atoms with Crippen molar-refractivity contribution in [1.29, 1.82) is 0 Å². The van der Waals surface area contributed by atoms with Crippen molar-refractivity contribution in [1.82, 2.24) is 0 Å². The Labute approximate surface area is 80.0 Å². The second kappa shape index (κ2) is 4.08. The van der Waals surface area contributed by atoms with E-state index in [0.29, 0.717) is 0 Å². The summed E-state index contributed by atoms with van der Waals surface area (Å²) >= 11 is 0. The molecule has 0 saturated heterocycles. The minimum atomic E-state index is -1.75. The molecule has 0 atom stereocenters. The lowest BCUT2D eigenvalue weighted by molar-refractivity contribution is -0.384. The van der Waals surface area contributed by atoms with Gasteiger partial charge in [-0.05, 0) is 11.5 Å². The van der Waals surface area contributed by atoms with E-state index in [1.54, 1.807) is 0 Å². The molecule has 6 nitrogen and oxygen atoms in total. The second-order valence-electron chi connectivity index (χ2n) is 2.60. The standard InChI is InChI=1S/C7H8BNO5/c1-14-7-3-5(8(10)11)2-6(4-7)9(12)13/h2-4,10-11H,1H3. The summed E-state index contributed by atoms with van der Waals surface area (Å²) in [4.78, 5) is 9.80. The molecule has 7 heteroatoms. The molecule has 2 N–H and O–H groups in total. The minimum absolute atomic E-state index is 0.0241. The molecule has 1 aromatic carbocycles. The highest BCUT2D eigenvalue weighted by Gasteiger charge is 2.17. The molecule has 0 saturated carbocycles. The van der Waals surface area contributed by atoms with Crippen molar-refractivity contribution in [2.45, 2.75) is 0 Å². The summed E-state index contributed by atoms with van der Waals surface area (Å²) in [5.74, 6) is 0.210. The van der Waals surface area contributed by atoms with Crippen molar-refractivity contribution in [2.24, 2.45) is 0 Å². The first-order valence-electron chi connectivity index (χ1n) is 3.74. The van der Waals surface area contributed by atoms with Crippen LogP contribution in [0.4, 0.5) is 5.69 Å². The van der Waals surface area contributed by atoms with Gasteiger partial charge >= 0.3 is 7.12 Å². The number of rotatable bonds is 3. The molecule has 0 amide bonds. The molecule has 0 radical (unpaired) electrons. The first-order chi connectivity index (χ1) is 6.54. The highest BCUT2D eigenvalue weighted by Crippen LogP contribution is 2.17. The lowest BCUT2D eigenvalue weighted by Crippen LogP contribution is -2.29. The van der Waals surface area contributed by atoms with Crippen LogP contribution in [0.15, 0.2) is 18.2 Å².